The number of halogens is 1. The van der Waals surface area contributed by atoms with Crippen molar-refractivity contribution in [2.75, 3.05) is 6.61 Å². The Balaban J connectivity index is 1.84. The monoisotopic (exact) mass is 221 g/mol. The number of imidazole rings is 1. The summed E-state index contributed by atoms with van der Waals surface area (Å²) in [4.78, 5) is 7.67. The first-order chi connectivity index (χ1) is 7.75. The van der Waals surface area contributed by atoms with Gasteiger partial charge in [-0.05, 0) is 12.1 Å². The van der Waals surface area contributed by atoms with Crippen molar-refractivity contribution >= 4 is 0 Å². The van der Waals surface area contributed by atoms with Crippen LogP contribution in [0.15, 0.2) is 30.7 Å². The Kier molecular flexibility index (Phi) is 3.14. The number of pyridine rings is 1. The van der Waals surface area contributed by atoms with E-state index in [4.69, 9.17) is 4.74 Å². The minimum Gasteiger partial charge on any atom is -0.492 e. The Morgan fingerprint density at radius 2 is 2.25 bits per heavy atom. The van der Waals surface area contributed by atoms with E-state index in [0.29, 0.717) is 18.8 Å². The average molecular weight is 221 g/mol. The highest BCUT2D eigenvalue weighted by atomic mass is 19.1. The topological polar surface area (TPSA) is 39.9 Å². The summed E-state index contributed by atoms with van der Waals surface area (Å²) in [5, 5.41) is 0. The zero-order valence-electron chi connectivity index (χ0n) is 8.93. The maximum atomic E-state index is 12.5. The third-order valence-electron chi connectivity index (χ3n) is 2.22. The van der Waals surface area contributed by atoms with E-state index in [2.05, 4.69) is 9.97 Å². The lowest BCUT2D eigenvalue weighted by atomic mass is 10.4. The molecule has 0 amide bonds. The molecule has 2 heterocycles. The molecule has 4 nitrogen and oxygen atoms in total. The van der Waals surface area contributed by atoms with Gasteiger partial charge in [0, 0.05) is 25.9 Å². The van der Waals surface area contributed by atoms with Gasteiger partial charge < -0.3 is 9.30 Å². The van der Waals surface area contributed by atoms with Gasteiger partial charge in [0.05, 0.1) is 12.8 Å². The molecule has 2 rings (SSSR count). The summed E-state index contributed by atoms with van der Waals surface area (Å²) in [7, 11) is 1.93. The molecule has 0 N–H and O–H groups in total. The van der Waals surface area contributed by atoms with Crippen molar-refractivity contribution in [1.29, 1.82) is 0 Å². The number of hydrogen-bond acceptors (Lipinski definition) is 3. The van der Waals surface area contributed by atoms with Gasteiger partial charge in [0.2, 0.25) is 5.95 Å². The second-order valence-electron chi connectivity index (χ2n) is 3.37. The molecule has 84 valence electrons. The Bertz CT molecular complexity index is 453. The van der Waals surface area contributed by atoms with Crippen molar-refractivity contribution in [3.8, 4) is 5.75 Å². The van der Waals surface area contributed by atoms with Gasteiger partial charge in [-0.15, -0.1) is 0 Å². The molecule has 0 aliphatic carbocycles. The van der Waals surface area contributed by atoms with Gasteiger partial charge in [-0.25, -0.2) is 9.97 Å². The molecule has 5 heteroatoms. The lowest BCUT2D eigenvalue weighted by Gasteiger charge is -2.05. The molecule has 0 aliphatic heterocycles. The van der Waals surface area contributed by atoms with Crippen LogP contribution in [-0.2, 0) is 13.5 Å². The minimum absolute atomic E-state index is 0.498. The third kappa shape index (κ3) is 2.56. The summed E-state index contributed by atoms with van der Waals surface area (Å²) in [6.45, 7) is 0.498. The highest BCUT2D eigenvalue weighted by molar-refractivity contribution is 5.16. The molecule has 0 aliphatic rings. The number of aryl methyl sites for hydroxylation is 1. The second kappa shape index (κ2) is 4.74. The zero-order chi connectivity index (χ0) is 11.4. The standard InChI is InChI=1S/C11H12FN3O/c1-15-6-5-13-11(15)4-7-16-9-2-3-10(12)14-8-9/h2-3,5-6,8H,4,7H2,1H3. The summed E-state index contributed by atoms with van der Waals surface area (Å²) in [5.41, 5.74) is 0. The maximum Gasteiger partial charge on any atom is 0.213 e. The number of aromatic nitrogens is 3. The smallest absolute Gasteiger partial charge is 0.213 e. The van der Waals surface area contributed by atoms with Crippen molar-refractivity contribution in [2.24, 2.45) is 7.05 Å². The van der Waals surface area contributed by atoms with Crippen LogP contribution in [-0.4, -0.2) is 21.1 Å². The molecule has 2 aromatic heterocycles. The fourth-order valence-electron chi connectivity index (χ4n) is 1.35. The molecule has 0 fully saturated rings. The van der Waals surface area contributed by atoms with E-state index in [9.17, 15) is 4.39 Å². The molecule has 0 saturated carbocycles. The number of ether oxygens (including phenoxy) is 1. The van der Waals surface area contributed by atoms with Crippen LogP contribution in [0.25, 0.3) is 0 Å². The minimum atomic E-state index is -0.503. The van der Waals surface area contributed by atoms with Crippen LogP contribution in [0, 0.1) is 5.95 Å². The first-order valence-corrected chi connectivity index (χ1v) is 4.96. The van der Waals surface area contributed by atoms with E-state index in [-0.39, 0.29) is 0 Å². The summed E-state index contributed by atoms with van der Waals surface area (Å²) in [6.07, 6.45) is 5.71. The van der Waals surface area contributed by atoms with Crippen LogP contribution in [0.4, 0.5) is 4.39 Å². The van der Waals surface area contributed by atoms with Gasteiger partial charge in [0.25, 0.3) is 0 Å². The SMILES string of the molecule is Cn1ccnc1CCOc1ccc(F)nc1. The van der Waals surface area contributed by atoms with Gasteiger partial charge in [-0.2, -0.15) is 4.39 Å². The van der Waals surface area contributed by atoms with E-state index in [1.807, 2.05) is 17.8 Å². The molecule has 0 aromatic carbocycles. The lowest BCUT2D eigenvalue weighted by Crippen LogP contribution is -2.06. The van der Waals surface area contributed by atoms with Crippen molar-refractivity contribution < 1.29 is 9.13 Å². The normalized spacial score (nSPS) is 10.4. The summed E-state index contributed by atoms with van der Waals surface area (Å²) < 4.78 is 19.8. The van der Waals surface area contributed by atoms with Crippen molar-refractivity contribution in [3.63, 3.8) is 0 Å². The molecule has 0 saturated heterocycles. The fraction of sp³-hybridized carbons (Fsp3) is 0.273. The Morgan fingerprint density at radius 1 is 1.38 bits per heavy atom. The van der Waals surface area contributed by atoms with Crippen LogP contribution in [0.3, 0.4) is 0 Å². The van der Waals surface area contributed by atoms with Crippen LogP contribution in [0.5, 0.6) is 5.75 Å². The number of hydrogen-bond donors (Lipinski definition) is 0. The van der Waals surface area contributed by atoms with E-state index in [1.165, 1.54) is 12.3 Å². The average Bonchev–Trinajstić information content (AvgIpc) is 2.68. The maximum absolute atomic E-state index is 12.5. The van der Waals surface area contributed by atoms with Gasteiger partial charge in [0.15, 0.2) is 0 Å². The van der Waals surface area contributed by atoms with E-state index in [0.717, 1.165) is 5.82 Å². The van der Waals surface area contributed by atoms with Crippen LogP contribution < -0.4 is 4.74 Å². The molecule has 16 heavy (non-hydrogen) atoms. The molecule has 0 unspecified atom stereocenters. The Hall–Kier alpha value is -1.91. The van der Waals surface area contributed by atoms with Crippen molar-refractivity contribution in [1.82, 2.24) is 14.5 Å². The van der Waals surface area contributed by atoms with E-state index in [1.54, 1.807) is 12.3 Å². The van der Waals surface area contributed by atoms with E-state index >= 15 is 0 Å². The molecule has 0 atom stereocenters. The van der Waals surface area contributed by atoms with Crippen LogP contribution in [0.2, 0.25) is 0 Å². The van der Waals surface area contributed by atoms with Gasteiger partial charge in [0.1, 0.15) is 11.6 Å². The Labute approximate surface area is 92.7 Å². The quantitative estimate of drug-likeness (QED) is 0.736. The van der Waals surface area contributed by atoms with Gasteiger partial charge >= 0.3 is 0 Å². The number of rotatable bonds is 4. The van der Waals surface area contributed by atoms with Gasteiger partial charge in [-0.3, -0.25) is 0 Å². The first kappa shape index (κ1) is 10.6. The molecular formula is C11H12FN3O. The van der Waals surface area contributed by atoms with Crippen LogP contribution >= 0.6 is 0 Å². The summed E-state index contributed by atoms with van der Waals surface area (Å²) in [5.74, 6) is 1.02. The third-order valence-corrected chi connectivity index (χ3v) is 2.22. The van der Waals surface area contributed by atoms with Crippen molar-refractivity contribution in [3.05, 3.63) is 42.5 Å². The lowest BCUT2D eigenvalue weighted by molar-refractivity contribution is 0.315. The first-order valence-electron chi connectivity index (χ1n) is 4.96. The van der Waals surface area contributed by atoms with E-state index < -0.39 is 5.95 Å². The molecule has 0 spiro atoms. The van der Waals surface area contributed by atoms with Crippen molar-refractivity contribution in [2.45, 2.75) is 6.42 Å². The summed E-state index contributed by atoms with van der Waals surface area (Å²) in [6, 6.07) is 2.83. The predicted molar refractivity (Wildman–Crippen MR) is 56.6 cm³/mol. The molecular weight excluding hydrogens is 209 g/mol. The largest absolute Gasteiger partial charge is 0.492 e. The molecule has 0 radical (unpaired) electrons. The highest BCUT2D eigenvalue weighted by Crippen LogP contribution is 2.08. The number of nitrogens with zero attached hydrogens (tertiary/aromatic N) is 3. The fourth-order valence-corrected chi connectivity index (χ4v) is 1.35. The highest BCUT2D eigenvalue weighted by Gasteiger charge is 2.00. The van der Waals surface area contributed by atoms with Gasteiger partial charge in [-0.1, -0.05) is 0 Å². The van der Waals surface area contributed by atoms with Crippen LogP contribution in [0.1, 0.15) is 5.82 Å². The predicted octanol–water partition coefficient (Wildman–Crippen LogP) is 1.58. The Morgan fingerprint density at radius 3 is 2.88 bits per heavy atom. The summed E-state index contributed by atoms with van der Waals surface area (Å²) >= 11 is 0. The second-order valence-corrected chi connectivity index (χ2v) is 3.37. The molecule has 0 bridgehead atoms. The zero-order valence-corrected chi connectivity index (χ0v) is 8.93. The molecule has 2 aromatic rings.